The van der Waals surface area contributed by atoms with Gasteiger partial charge in [0, 0.05) is 13.0 Å². The van der Waals surface area contributed by atoms with Crippen LogP contribution in [0.15, 0.2) is 48.5 Å². The zero-order valence-electron chi connectivity index (χ0n) is 25.6. The molecule has 2 aromatic carbocycles. The van der Waals surface area contributed by atoms with Gasteiger partial charge in [0.05, 0.1) is 13.1 Å². The first-order valence-corrected chi connectivity index (χ1v) is 13.9. The quantitative estimate of drug-likeness (QED) is 0.162. The molecule has 8 nitrogen and oxygen atoms in total. The highest BCUT2D eigenvalue weighted by Gasteiger charge is 2.90. The first-order chi connectivity index (χ1) is 23.5. The molecule has 0 bridgehead atoms. The van der Waals surface area contributed by atoms with Crippen LogP contribution < -0.4 is 14.2 Å². The van der Waals surface area contributed by atoms with Crippen molar-refractivity contribution in [3.63, 3.8) is 0 Å². The van der Waals surface area contributed by atoms with Gasteiger partial charge < -0.3 is 24.1 Å². The van der Waals surface area contributed by atoms with Crippen molar-refractivity contribution >= 4 is 12.1 Å². The summed E-state index contributed by atoms with van der Waals surface area (Å²) < 4.78 is 234. The average Bonchev–Trinajstić information content (AvgIpc) is 3.00. The summed E-state index contributed by atoms with van der Waals surface area (Å²) in [6.45, 7) is -4.35. The predicted molar refractivity (Wildman–Crippen MR) is 140 cm³/mol. The molecule has 52 heavy (non-hydrogen) atoms. The Hall–Kier alpha value is -4.38. The van der Waals surface area contributed by atoms with E-state index in [-0.39, 0.29) is 18.8 Å². The van der Waals surface area contributed by atoms with E-state index in [1.165, 1.54) is 19.1 Å². The molecule has 0 heterocycles. The Morgan fingerprint density at radius 3 is 1.73 bits per heavy atom. The molecular formula is C28H23F16NO7. The van der Waals surface area contributed by atoms with E-state index in [4.69, 9.17) is 14.6 Å². The summed E-state index contributed by atoms with van der Waals surface area (Å²) in [7, 11) is 0. The van der Waals surface area contributed by atoms with E-state index in [9.17, 15) is 79.8 Å². The minimum atomic E-state index is -8.23. The van der Waals surface area contributed by atoms with E-state index in [1.807, 2.05) is 0 Å². The highest BCUT2D eigenvalue weighted by Crippen LogP contribution is 2.60. The number of carbonyl (C=O) groups excluding carboxylic acids is 1. The number of para-hydroxylation sites is 2. The fraction of sp³-hybridized carbons (Fsp3) is 0.500. The molecule has 0 radical (unpaired) electrons. The molecule has 0 aliphatic rings. The Kier molecular flexibility index (Phi) is 13.2. The van der Waals surface area contributed by atoms with Gasteiger partial charge in [0.15, 0.2) is 17.6 Å². The predicted octanol–water partition coefficient (Wildman–Crippen LogP) is 8.24. The lowest BCUT2D eigenvalue weighted by molar-refractivity contribution is -0.440. The van der Waals surface area contributed by atoms with E-state index >= 15 is 0 Å². The highest BCUT2D eigenvalue weighted by atomic mass is 19.4. The van der Waals surface area contributed by atoms with Crippen LogP contribution >= 0.6 is 0 Å². The molecule has 0 fully saturated rings. The van der Waals surface area contributed by atoms with Gasteiger partial charge in [0.2, 0.25) is 0 Å². The Labute approximate surface area is 280 Å². The molecule has 1 atom stereocenters. The van der Waals surface area contributed by atoms with Gasteiger partial charge >= 0.3 is 54.2 Å². The maximum atomic E-state index is 14.8. The number of hydrogen-bond acceptors (Lipinski definition) is 6. The Bertz CT molecular complexity index is 1510. The summed E-state index contributed by atoms with van der Waals surface area (Å²) in [6, 6.07) is 7.36. The number of carboxylic acids is 1. The van der Waals surface area contributed by atoms with E-state index in [0.717, 1.165) is 24.3 Å². The van der Waals surface area contributed by atoms with Crippen LogP contribution in [0.25, 0.3) is 0 Å². The van der Waals surface area contributed by atoms with Crippen molar-refractivity contribution in [3.8, 4) is 17.2 Å². The average molecular weight is 789 g/mol. The van der Waals surface area contributed by atoms with E-state index in [0.29, 0.717) is 17.7 Å². The number of carboxylic acid groups (broad SMARTS) is 1. The topological polar surface area (TPSA) is 94.5 Å². The molecule has 1 N–H and O–H groups in total. The molecule has 0 spiro atoms. The van der Waals surface area contributed by atoms with Crippen LogP contribution in [0.5, 0.6) is 17.2 Å². The van der Waals surface area contributed by atoms with Gasteiger partial charge in [0.1, 0.15) is 12.4 Å². The largest absolute Gasteiger partial charge is 0.573 e. The van der Waals surface area contributed by atoms with E-state index in [1.54, 1.807) is 0 Å². The molecule has 0 saturated carbocycles. The van der Waals surface area contributed by atoms with Gasteiger partial charge in [-0.25, -0.2) is 9.59 Å². The third-order valence-corrected chi connectivity index (χ3v) is 6.54. The standard InChI is InChI=1S/C28H23F16NO7/c1-2-49-19(20(46)47)13-15-7-9-16(10-8-15)50-12-11-45(21(48)51-17-5-3-4-6-18(17)52-28(42,43)44)14-22(29,30)23(31,32)24(33,34)25(35,36)26(37,38)27(39,40)41/h3-10,19H,2,11-14H2,1H3,(H,46,47). The van der Waals surface area contributed by atoms with Crippen LogP contribution in [0.2, 0.25) is 0 Å². The van der Waals surface area contributed by atoms with Crippen LogP contribution in [-0.2, 0) is 16.0 Å². The Morgan fingerprint density at radius 1 is 0.731 bits per heavy atom. The molecule has 2 aromatic rings. The molecule has 0 aliphatic heterocycles. The first-order valence-electron chi connectivity index (χ1n) is 13.9. The zero-order valence-corrected chi connectivity index (χ0v) is 25.6. The van der Waals surface area contributed by atoms with E-state index < -0.39 is 96.4 Å². The summed E-state index contributed by atoms with van der Waals surface area (Å²) in [5.41, 5.74) is 0.314. The molecule has 0 aromatic heterocycles. The summed E-state index contributed by atoms with van der Waals surface area (Å²) in [5.74, 6) is -43.3. The molecule has 1 amide bonds. The fourth-order valence-electron chi connectivity index (χ4n) is 3.91. The number of nitrogens with zero attached hydrogens (tertiary/aromatic N) is 1. The SMILES string of the molecule is CCOC(Cc1ccc(OCCN(CC(F)(F)C(F)(F)C(F)(F)C(F)(F)C(F)(F)C(F)(F)F)C(=O)Oc2ccccc2OC(F)(F)F)cc1)C(=O)O. The number of rotatable bonds is 17. The summed E-state index contributed by atoms with van der Waals surface area (Å²) in [5, 5.41) is 9.17. The highest BCUT2D eigenvalue weighted by molar-refractivity contribution is 5.73. The lowest BCUT2D eigenvalue weighted by Gasteiger charge is -2.40. The monoisotopic (exact) mass is 789 g/mol. The molecule has 2 rings (SSSR count). The third kappa shape index (κ3) is 9.73. The van der Waals surface area contributed by atoms with Gasteiger partial charge in [-0.3, -0.25) is 4.90 Å². The van der Waals surface area contributed by atoms with Gasteiger partial charge in [-0.15, -0.1) is 13.2 Å². The first kappa shape index (κ1) is 43.8. The van der Waals surface area contributed by atoms with Gasteiger partial charge in [0.25, 0.3) is 0 Å². The normalized spacial score (nSPS) is 14.1. The van der Waals surface area contributed by atoms with Crippen molar-refractivity contribution in [2.45, 2.75) is 61.6 Å². The summed E-state index contributed by atoms with van der Waals surface area (Å²) >= 11 is 0. The number of carbonyl (C=O) groups is 2. The molecule has 0 aliphatic carbocycles. The van der Waals surface area contributed by atoms with Gasteiger partial charge in [-0.05, 0) is 36.8 Å². The molecule has 294 valence electrons. The summed E-state index contributed by atoms with van der Waals surface area (Å²) in [4.78, 5) is 23.2. The third-order valence-electron chi connectivity index (χ3n) is 6.54. The van der Waals surface area contributed by atoms with Gasteiger partial charge in [-0.2, -0.15) is 57.1 Å². The van der Waals surface area contributed by atoms with Crippen molar-refractivity contribution in [2.75, 3.05) is 26.3 Å². The maximum absolute atomic E-state index is 14.8. The second-order valence-electron chi connectivity index (χ2n) is 10.3. The van der Waals surface area contributed by atoms with Crippen molar-refractivity contribution in [1.82, 2.24) is 4.90 Å². The van der Waals surface area contributed by atoms with Crippen molar-refractivity contribution in [2.24, 2.45) is 0 Å². The molecule has 1 unspecified atom stereocenters. The van der Waals surface area contributed by atoms with Crippen molar-refractivity contribution < 1.29 is 104 Å². The van der Waals surface area contributed by atoms with E-state index in [2.05, 4.69) is 9.47 Å². The number of halogens is 16. The zero-order chi connectivity index (χ0) is 40.1. The number of aliphatic carboxylic acids is 1. The Balaban J connectivity index is 2.43. The number of amides is 1. The number of alkyl halides is 16. The van der Waals surface area contributed by atoms with Crippen LogP contribution in [0.4, 0.5) is 75.0 Å². The summed E-state index contributed by atoms with van der Waals surface area (Å²) in [6.07, 6.45) is -17.1. The lowest BCUT2D eigenvalue weighted by Crippen LogP contribution is -2.71. The van der Waals surface area contributed by atoms with Crippen LogP contribution in [-0.4, -0.2) is 96.6 Å². The van der Waals surface area contributed by atoms with Crippen LogP contribution in [0, 0.1) is 0 Å². The molecular weight excluding hydrogens is 766 g/mol. The van der Waals surface area contributed by atoms with Crippen molar-refractivity contribution in [1.29, 1.82) is 0 Å². The lowest BCUT2D eigenvalue weighted by atomic mass is 9.93. The van der Waals surface area contributed by atoms with Crippen molar-refractivity contribution in [3.05, 3.63) is 54.1 Å². The number of benzene rings is 2. The smallest absolute Gasteiger partial charge is 0.492 e. The number of ether oxygens (including phenoxy) is 4. The minimum absolute atomic E-state index is 0.0170. The molecule has 24 heteroatoms. The number of hydrogen-bond donors (Lipinski definition) is 1. The Morgan fingerprint density at radius 2 is 1.25 bits per heavy atom. The van der Waals surface area contributed by atoms with Crippen LogP contribution in [0.1, 0.15) is 12.5 Å². The second-order valence-corrected chi connectivity index (χ2v) is 10.3. The minimum Gasteiger partial charge on any atom is -0.492 e. The van der Waals surface area contributed by atoms with Gasteiger partial charge in [-0.1, -0.05) is 24.3 Å². The molecule has 0 saturated heterocycles. The fourth-order valence-corrected chi connectivity index (χ4v) is 3.91. The van der Waals surface area contributed by atoms with Crippen LogP contribution in [0.3, 0.4) is 0 Å². The maximum Gasteiger partial charge on any atom is 0.573 e. The second kappa shape index (κ2) is 15.7.